The van der Waals surface area contributed by atoms with Crippen LogP contribution in [0.5, 0.6) is 0 Å². The van der Waals surface area contributed by atoms with Gasteiger partial charge in [-0.1, -0.05) is 45.1 Å². The van der Waals surface area contributed by atoms with Crippen LogP contribution >= 0.6 is 0 Å². The van der Waals surface area contributed by atoms with E-state index < -0.39 is 0 Å². The zero-order chi connectivity index (χ0) is 12.3. The van der Waals surface area contributed by atoms with Crippen LogP contribution in [-0.4, -0.2) is 12.7 Å². The van der Waals surface area contributed by atoms with E-state index in [1.165, 1.54) is 19.3 Å². The number of hydrogen-bond donors (Lipinski definition) is 0. The molecule has 0 radical (unpaired) electrons. The van der Waals surface area contributed by atoms with Crippen LogP contribution in [0.15, 0.2) is 24.3 Å². The fourth-order valence-electron chi connectivity index (χ4n) is 2.98. The molecular weight excluding hydrogens is 208 g/mol. The molecule has 0 saturated carbocycles. The normalized spacial score (nSPS) is 41.7. The molecule has 17 heavy (non-hydrogen) atoms. The van der Waals surface area contributed by atoms with Gasteiger partial charge in [0, 0.05) is 0 Å². The quantitative estimate of drug-likeness (QED) is 0.665. The van der Waals surface area contributed by atoms with Crippen molar-refractivity contribution >= 4 is 0 Å². The van der Waals surface area contributed by atoms with Crippen LogP contribution in [0.2, 0.25) is 0 Å². The Morgan fingerprint density at radius 2 is 1.71 bits per heavy atom. The topological polar surface area (TPSA) is 9.23 Å². The van der Waals surface area contributed by atoms with Crippen LogP contribution < -0.4 is 0 Å². The largest absolute Gasteiger partial charge is 0.374 e. The predicted molar refractivity (Wildman–Crippen MR) is 72.9 cm³/mol. The molecule has 0 aromatic heterocycles. The number of allylic oxidation sites excluding steroid dienone is 2. The van der Waals surface area contributed by atoms with E-state index in [9.17, 15) is 0 Å². The lowest BCUT2D eigenvalue weighted by Crippen LogP contribution is -2.22. The Hall–Kier alpha value is -0.560. The lowest BCUT2D eigenvalue weighted by atomic mass is 9.78. The number of ether oxygens (including phenoxy) is 1. The SMILES string of the molecule is CC1C=CC(CCC2C=CC(C)CC2C)OC1. The van der Waals surface area contributed by atoms with E-state index >= 15 is 0 Å². The third kappa shape index (κ3) is 3.70. The third-order valence-electron chi connectivity index (χ3n) is 4.17. The molecule has 0 saturated heterocycles. The first kappa shape index (κ1) is 12.9. The summed E-state index contributed by atoms with van der Waals surface area (Å²) in [5.41, 5.74) is 0. The molecule has 0 N–H and O–H groups in total. The molecule has 1 aliphatic carbocycles. The summed E-state index contributed by atoms with van der Waals surface area (Å²) in [6.07, 6.45) is 13.6. The monoisotopic (exact) mass is 234 g/mol. The fourth-order valence-corrected chi connectivity index (χ4v) is 2.98. The summed E-state index contributed by atoms with van der Waals surface area (Å²) < 4.78 is 5.83. The van der Waals surface area contributed by atoms with Gasteiger partial charge < -0.3 is 4.74 Å². The van der Waals surface area contributed by atoms with Gasteiger partial charge in [0.05, 0.1) is 12.7 Å². The van der Waals surface area contributed by atoms with Crippen molar-refractivity contribution in [2.24, 2.45) is 23.7 Å². The molecule has 2 rings (SSSR count). The summed E-state index contributed by atoms with van der Waals surface area (Å²) in [7, 11) is 0. The average Bonchev–Trinajstić information content (AvgIpc) is 2.30. The summed E-state index contributed by atoms with van der Waals surface area (Å²) in [6.45, 7) is 7.82. The predicted octanol–water partition coefficient (Wildman–Crippen LogP) is 4.21. The highest BCUT2D eigenvalue weighted by atomic mass is 16.5. The molecule has 1 heteroatoms. The maximum Gasteiger partial charge on any atom is 0.0756 e. The highest BCUT2D eigenvalue weighted by molar-refractivity contribution is 5.01. The Kier molecular flexibility index (Phi) is 4.44. The van der Waals surface area contributed by atoms with Crippen LogP contribution in [0.25, 0.3) is 0 Å². The summed E-state index contributed by atoms with van der Waals surface area (Å²) in [5.74, 6) is 2.97. The van der Waals surface area contributed by atoms with Crippen LogP contribution in [0.3, 0.4) is 0 Å². The van der Waals surface area contributed by atoms with Crippen molar-refractivity contribution in [1.29, 1.82) is 0 Å². The van der Waals surface area contributed by atoms with Crippen molar-refractivity contribution in [2.75, 3.05) is 6.61 Å². The zero-order valence-electron chi connectivity index (χ0n) is 11.4. The van der Waals surface area contributed by atoms with Crippen molar-refractivity contribution in [3.63, 3.8) is 0 Å². The van der Waals surface area contributed by atoms with Gasteiger partial charge in [0.2, 0.25) is 0 Å². The van der Waals surface area contributed by atoms with Gasteiger partial charge in [0.1, 0.15) is 0 Å². The van der Waals surface area contributed by atoms with Crippen molar-refractivity contribution in [3.05, 3.63) is 24.3 Å². The molecule has 0 spiro atoms. The maximum atomic E-state index is 5.83. The van der Waals surface area contributed by atoms with Crippen molar-refractivity contribution in [3.8, 4) is 0 Å². The minimum Gasteiger partial charge on any atom is -0.374 e. The van der Waals surface area contributed by atoms with E-state index in [0.29, 0.717) is 12.0 Å². The molecule has 5 unspecified atom stereocenters. The van der Waals surface area contributed by atoms with E-state index in [-0.39, 0.29) is 0 Å². The molecule has 0 fully saturated rings. The second kappa shape index (κ2) is 5.86. The average molecular weight is 234 g/mol. The van der Waals surface area contributed by atoms with Crippen molar-refractivity contribution in [1.82, 2.24) is 0 Å². The van der Waals surface area contributed by atoms with E-state index in [0.717, 1.165) is 24.4 Å². The molecule has 0 aromatic carbocycles. The maximum absolute atomic E-state index is 5.83. The molecule has 96 valence electrons. The minimum atomic E-state index is 0.367. The van der Waals surface area contributed by atoms with Crippen molar-refractivity contribution < 1.29 is 4.74 Å². The molecule has 0 bridgehead atoms. The molecule has 1 heterocycles. The Labute approximate surface area is 106 Å². The Morgan fingerprint density at radius 1 is 0.941 bits per heavy atom. The second-order valence-corrected chi connectivity index (χ2v) is 6.05. The molecule has 5 atom stereocenters. The van der Waals surface area contributed by atoms with E-state index in [1.807, 2.05) is 0 Å². The molecular formula is C16H26O. The third-order valence-corrected chi connectivity index (χ3v) is 4.17. The first-order chi connectivity index (χ1) is 8.15. The van der Waals surface area contributed by atoms with Gasteiger partial charge in [0.15, 0.2) is 0 Å². The van der Waals surface area contributed by atoms with Crippen LogP contribution in [0.4, 0.5) is 0 Å². The van der Waals surface area contributed by atoms with Crippen LogP contribution in [0, 0.1) is 23.7 Å². The van der Waals surface area contributed by atoms with Gasteiger partial charge in [0.25, 0.3) is 0 Å². The van der Waals surface area contributed by atoms with Gasteiger partial charge >= 0.3 is 0 Å². The van der Waals surface area contributed by atoms with Crippen LogP contribution in [-0.2, 0) is 4.74 Å². The standard InChI is InChI=1S/C16H26O/c1-12-4-6-15(14(3)10-12)7-9-16-8-5-13(2)11-17-16/h4-6,8,12-16H,7,9-11H2,1-3H3. The van der Waals surface area contributed by atoms with Gasteiger partial charge in [-0.05, 0) is 42.9 Å². The highest BCUT2D eigenvalue weighted by Crippen LogP contribution is 2.31. The van der Waals surface area contributed by atoms with Gasteiger partial charge in [-0.25, -0.2) is 0 Å². The molecule has 0 aromatic rings. The summed E-state index contributed by atoms with van der Waals surface area (Å²) in [4.78, 5) is 0. The second-order valence-electron chi connectivity index (χ2n) is 6.05. The summed E-state index contributed by atoms with van der Waals surface area (Å²) in [5, 5.41) is 0. The number of rotatable bonds is 3. The van der Waals surface area contributed by atoms with Crippen LogP contribution in [0.1, 0.15) is 40.0 Å². The fraction of sp³-hybridized carbons (Fsp3) is 0.750. The van der Waals surface area contributed by atoms with E-state index in [2.05, 4.69) is 45.1 Å². The van der Waals surface area contributed by atoms with Gasteiger partial charge in [-0.3, -0.25) is 0 Å². The molecule has 1 aliphatic heterocycles. The zero-order valence-corrected chi connectivity index (χ0v) is 11.4. The first-order valence-corrected chi connectivity index (χ1v) is 7.13. The smallest absolute Gasteiger partial charge is 0.0756 e. The number of hydrogen-bond acceptors (Lipinski definition) is 1. The minimum absolute atomic E-state index is 0.367. The Bertz CT molecular complexity index is 292. The lowest BCUT2D eigenvalue weighted by Gasteiger charge is -2.29. The lowest BCUT2D eigenvalue weighted by molar-refractivity contribution is 0.0498. The van der Waals surface area contributed by atoms with E-state index in [1.54, 1.807) is 0 Å². The van der Waals surface area contributed by atoms with Crippen molar-refractivity contribution in [2.45, 2.75) is 46.1 Å². The van der Waals surface area contributed by atoms with Gasteiger partial charge in [-0.15, -0.1) is 0 Å². The first-order valence-electron chi connectivity index (χ1n) is 7.13. The Balaban J connectivity index is 1.78. The summed E-state index contributed by atoms with van der Waals surface area (Å²) in [6, 6.07) is 0. The van der Waals surface area contributed by atoms with Gasteiger partial charge in [-0.2, -0.15) is 0 Å². The molecule has 0 amide bonds. The summed E-state index contributed by atoms with van der Waals surface area (Å²) >= 11 is 0. The highest BCUT2D eigenvalue weighted by Gasteiger charge is 2.22. The molecule has 2 aliphatic rings. The Morgan fingerprint density at radius 3 is 2.35 bits per heavy atom. The van der Waals surface area contributed by atoms with E-state index in [4.69, 9.17) is 4.74 Å². The molecule has 1 nitrogen and oxygen atoms in total.